The average molecular weight is 318 g/mol. The first-order valence-corrected chi connectivity index (χ1v) is 8.48. The Bertz CT molecular complexity index is 549. The Labute approximate surface area is 125 Å². The second-order valence-corrected chi connectivity index (χ2v) is 7.37. The maximum atomic E-state index is 12.3. The highest BCUT2D eigenvalue weighted by atomic mass is 35.5. The van der Waals surface area contributed by atoms with Gasteiger partial charge in [-0.2, -0.15) is 0 Å². The number of hydrogen-bond acceptors (Lipinski definition) is 4. The minimum atomic E-state index is -3.66. The molecule has 0 aliphatic carbocycles. The molecule has 7 heteroatoms. The maximum absolute atomic E-state index is 12.3. The zero-order valence-corrected chi connectivity index (χ0v) is 13.0. The highest BCUT2D eigenvalue weighted by Crippen LogP contribution is 2.27. The fraction of sp³-hybridized carbons (Fsp3) is 0.538. The number of likely N-dealkylation sites (tertiary alicyclic amines) is 1. The van der Waals surface area contributed by atoms with E-state index in [0.29, 0.717) is 12.5 Å². The van der Waals surface area contributed by atoms with Crippen molar-refractivity contribution in [2.45, 2.75) is 17.7 Å². The lowest BCUT2D eigenvalue weighted by molar-refractivity contribution is 0.220. The lowest BCUT2D eigenvalue weighted by atomic mass is 9.98. The van der Waals surface area contributed by atoms with Crippen molar-refractivity contribution in [3.63, 3.8) is 0 Å². The molecule has 0 amide bonds. The molecule has 0 saturated carbocycles. The minimum Gasteiger partial charge on any atom is -0.398 e. The van der Waals surface area contributed by atoms with Crippen LogP contribution < -0.4 is 10.5 Å². The Morgan fingerprint density at radius 3 is 2.65 bits per heavy atom. The molecule has 1 fully saturated rings. The molecule has 0 atom stereocenters. The quantitative estimate of drug-likeness (QED) is 0.826. The van der Waals surface area contributed by atoms with E-state index in [1.807, 2.05) is 0 Å². The first-order valence-electron chi connectivity index (χ1n) is 6.62. The van der Waals surface area contributed by atoms with Gasteiger partial charge >= 0.3 is 0 Å². The number of anilines is 1. The molecule has 5 nitrogen and oxygen atoms in total. The van der Waals surface area contributed by atoms with Crippen molar-refractivity contribution in [3.05, 3.63) is 23.2 Å². The number of rotatable bonds is 4. The van der Waals surface area contributed by atoms with Crippen LogP contribution in [-0.2, 0) is 10.0 Å². The lowest BCUT2D eigenvalue weighted by Crippen LogP contribution is -2.37. The molecule has 0 bridgehead atoms. The molecule has 0 aromatic heterocycles. The van der Waals surface area contributed by atoms with Crippen molar-refractivity contribution < 1.29 is 8.42 Å². The van der Waals surface area contributed by atoms with Gasteiger partial charge in [0.25, 0.3) is 0 Å². The van der Waals surface area contributed by atoms with Gasteiger partial charge in [0.2, 0.25) is 10.0 Å². The van der Waals surface area contributed by atoms with E-state index in [1.165, 1.54) is 12.1 Å². The summed E-state index contributed by atoms with van der Waals surface area (Å²) in [6.07, 6.45) is 1.99. The summed E-state index contributed by atoms with van der Waals surface area (Å²) in [6.45, 7) is 2.43. The van der Waals surface area contributed by atoms with E-state index in [2.05, 4.69) is 16.7 Å². The van der Waals surface area contributed by atoms with Crippen molar-refractivity contribution in [2.24, 2.45) is 5.92 Å². The number of nitrogens with one attached hydrogen (secondary N) is 1. The van der Waals surface area contributed by atoms with Gasteiger partial charge in [0.05, 0.1) is 10.7 Å². The molecule has 0 radical (unpaired) electrons. The molecule has 1 heterocycles. The minimum absolute atomic E-state index is 0.0189. The molecule has 1 saturated heterocycles. The van der Waals surface area contributed by atoms with Crippen LogP contribution in [0.5, 0.6) is 0 Å². The summed E-state index contributed by atoms with van der Waals surface area (Å²) in [5.74, 6) is 0.365. The van der Waals surface area contributed by atoms with E-state index >= 15 is 0 Å². The number of nitrogens with two attached hydrogens (primary N) is 1. The number of halogens is 1. The largest absolute Gasteiger partial charge is 0.398 e. The predicted octanol–water partition coefficient (Wildman–Crippen LogP) is 1.54. The molecule has 2 rings (SSSR count). The van der Waals surface area contributed by atoms with Crippen molar-refractivity contribution >= 4 is 27.3 Å². The summed E-state index contributed by atoms with van der Waals surface area (Å²) >= 11 is 5.95. The molecule has 1 aliphatic heterocycles. The Balaban J connectivity index is 2.05. The molecular weight excluding hydrogens is 298 g/mol. The van der Waals surface area contributed by atoms with Crippen LogP contribution in [0.1, 0.15) is 12.8 Å². The second-order valence-electron chi connectivity index (χ2n) is 5.26. The Morgan fingerprint density at radius 2 is 2.05 bits per heavy atom. The molecule has 0 unspecified atom stereocenters. The van der Waals surface area contributed by atoms with Crippen molar-refractivity contribution in [3.8, 4) is 0 Å². The third-order valence-corrected chi connectivity index (χ3v) is 5.63. The van der Waals surface area contributed by atoms with E-state index in [4.69, 9.17) is 17.3 Å². The zero-order chi connectivity index (χ0) is 14.8. The molecule has 1 aromatic carbocycles. The first kappa shape index (κ1) is 15.6. The molecule has 1 aliphatic rings. The topological polar surface area (TPSA) is 75.4 Å². The zero-order valence-electron chi connectivity index (χ0n) is 11.5. The van der Waals surface area contributed by atoms with Crippen LogP contribution in [0.3, 0.4) is 0 Å². The average Bonchev–Trinajstić information content (AvgIpc) is 2.37. The van der Waals surface area contributed by atoms with Gasteiger partial charge in [-0.15, -0.1) is 0 Å². The van der Waals surface area contributed by atoms with Crippen LogP contribution in [0.2, 0.25) is 5.02 Å². The number of benzene rings is 1. The Kier molecular flexibility index (Phi) is 4.90. The number of sulfonamides is 1. The summed E-state index contributed by atoms with van der Waals surface area (Å²) in [6, 6.07) is 4.70. The van der Waals surface area contributed by atoms with Gasteiger partial charge in [-0.3, -0.25) is 0 Å². The van der Waals surface area contributed by atoms with Crippen LogP contribution in [0, 0.1) is 5.92 Å². The van der Waals surface area contributed by atoms with Gasteiger partial charge in [0.15, 0.2) is 0 Å². The fourth-order valence-corrected chi connectivity index (χ4v) is 4.16. The predicted molar refractivity (Wildman–Crippen MR) is 81.3 cm³/mol. The Hall–Kier alpha value is -0.820. The van der Waals surface area contributed by atoms with Crippen LogP contribution in [0.15, 0.2) is 23.1 Å². The van der Waals surface area contributed by atoms with Crippen LogP contribution >= 0.6 is 11.6 Å². The smallest absolute Gasteiger partial charge is 0.244 e. The number of nitrogen functional groups attached to an aromatic ring is 1. The van der Waals surface area contributed by atoms with Gasteiger partial charge in [-0.1, -0.05) is 17.7 Å². The molecular formula is C13H20ClN3O2S. The van der Waals surface area contributed by atoms with Crippen LogP contribution in [0.25, 0.3) is 0 Å². The van der Waals surface area contributed by atoms with E-state index in [9.17, 15) is 8.42 Å². The fourth-order valence-electron chi connectivity index (χ4n) is 2.37. The van der Waals surface area contributed by atoms with Gasteiger partial charge in [-0.05, 0) is 51.0 Å². The van der Waals surface area contributed by atoms with Crippen LogP contribution in [0.4, 0.5) is 5.69 Å². The monoisotopic (exact) mass is 317 g/mol. The Morgan fingerprint density at radius 1 is 1.40 bits per heavy atom. The second kappa shape index (κ2) is 6.30. The molecule has 112 valence electrons. The molecule has 3 N–H and O–H groups in total. The summed E-state index contributed by atoms with van der Waals surface area (Å²) in [5, 5.41) is 0.154. The van der Waals surface area contributed by atoms with Gasteiger partial charge < -0.3 is 10.6 Å². The number of hydrogen-bond donors (Lipinski definition) is 2. The number of nitrogens with zero attached hydrogens (tertiary/aromatic N) is 1. The summed E-state index contributed by atoms with van der Waals surface area (Å²) in [5.41, 5.74) is 5.90. The van der Waals surface area contributed by atoms with Crippen molar-refractivity contribution in [2.75, 3.05) is 32.4 Å². The van der Waals surface area contributed by atoms with Gasteiger partial charge in [0, 0.05) is 6.54 Å². The number of piperidine rings is 1. The standard InChI is InChI=1S/C13H20ClN3O2S/c1-17-7-5-10(6-8-17)9-16-20(18,19)13-11(14)3-2-4-12(13)15/h2-4,10,16H,5-9,15H2,1H3. The van der Waals surface area contributed by atoms with E-state index in [-0.39, 0.29) is 15.6 Å². The highest BCUT2D eigenvalue weighted by Gasteiger charge is 2.23. The molecule has 20 heavy (non-hydrogen) atoms. The van der Waals surface area contributed by atoms with Crippen molar-refractivity contribution in [1.29, 1.82) is 0 Å². The highest BCUT2D eigenvalue weighted by molar-refractivity contribution is 7.89. The normalized spacial score (nSPS) is 18.3. The molecule has 0 spiro atoms. The summed E-state index contributed by atoms with van der Waals surface area (Å²) in [7, 11) is -1.58. The third kappa shape index (κ3) is 3.63. The lowest BCUT2D eigenvalue weighted by Gasteiger charge is -2.28. The van der Waals surface area contributed by atoms with Crippen molar-refractivity contribution in [1.82, 2.24) is 9.62 Å². The van der Waals surface area contributed by atoms with Gasteiger partial charge in [-0.25, -0.2) is 13.1 Å². The van der Waals surface area contributed by atoms with Gasteiger partial charge in [0.1, 0.15) is 4.90 Å². The van der Waals surface area contributed by atoms with E-state index < -0.39 is 10.0 Å². The van der Waals surface area contributed by atoms with E-state index in [1.54, 1.807) is 6.07 Å². The summed E-state index contributed by atoms with van der Waals surface area (Å²) in [4.78, 5) is 2.23. The summed E-state index contributed by atoms with van der Waals surface area (Å²) < 4.78 is 27.2. The SMILES string of the molecule is CN1CCC(CNS(=O)(=O)c2c(N)cccc2Cl)CC1. The van der Waals surface area contributed by atoms with E-state index in [0.717, 1.165) is 25.9 Å². The third-order valence-electron chi connectivity index (χ3n) is 3.67. The maximum Gasteiger partial charge on any atom is 0.244 e. The molecule has 1 aromatic rings. The first-order chi connectivity index (χ1) is 9.40. The van der Waals surface area contributed by atoms with Crippen LogP contribution in [-0.4, -0.2) is 40.0 Å².